The molecule has 1 aromatic carbocycles. The maximum absolute atomic E-state index is 12.5. The van der Waals surface area contributed by atoms with Crippen LogP contribution in [0, 0.1) is 6.92 Å². The van der Waals surface area contributed by atoms with Gasteiger partial charge in [-0.15, -0.1) is 0 Å². The Labute approximate surface area is 157 Å². The van der Waals surface area contributed by atoms with Crippen molar-refractivity contribution in [2.45, 2.75) is 39.7 Å². The molecule has 0 spiro atoms. The number of rotatable bonds is 8. The lowest BCUT2D eigenvalue weighted by molar-refractivity contribution is -0.118. The summed E-state index contributed by atoms with van der Waals surface area (Å²) in [4.78, 5) is 40.0. The monoisotopic (exact) mass is 374 g/mol. The number of aromatic amines is 1. The molecular weight excluding hydrogens is 348 g/mol. The molecule has 0 aliphatic carbocycles. The molecular formula is C19H26N4O4. The van der Waals surface area contributed by atoms with Crippen LogP contribution in [0.25, 0.3) is 0 Å². The molecule has 1 heterocycles. The Morgan fingerprint density at radius 3 is 2.56 bits per heavy atom. The van der Waals surface area contributed by atoms with Gasteiger partial charge in [-0.25, -0.2) is 4.79 Å². The molecule has 27 heavy (non-hydrogen) atoms. The maximum Gasteiger partial charge on any atom is 0.330 e. The molecule has 2 rings (SSSR count). The lowest BCUT2D eigenvalue weighted by Gasteiger charge is -2.20. The molecule has 0 unspecified atom stereocenters. The van der Waals surface area contributed by atoms with E-state index in [9.17, 15) is 14.4 Å². The first-order valence-corrected chi connectivity index (χ1v) is 8.93. The quantitative estimate of drug-likeness (QED) is 0.730. The van der Waals surface area contributed by atoms with Gasteiger partial charge in [-0.1, -0.05) is 31.0 Å². The standard InChI is InChI=1S/C19H26N4O4/c1-4-5-11-23-17(20)16(18(25)21-19(23)26)22(3)15(24)10-12-27-14-8-6-13(2)7-9-14/h6-9H,4-5,10-12,20H2,1-3H3,(H,21,25,26). The van der Waals surface area contributed by atoms with Gasteiger partial charge < -0.3 is 15.4 Å². The Hall–Kier alpha value is -3.03. The van der Waals surface area contributed by atoms with E-state index in [-0.39, 0.29) is 30.4 Å². The Balaban J connectivity index is 2.10. The van der Waals surface area contributed by atoms with E-state index in [0.717, 1.165) is 18.4 Å². The number of ether oxygens (including phenoxy) is 1. The average Bonchev–Trinajstić information content (AvgIpc) is 2.62. The van der Waals surface area contributed by atoms with Gasteiger partial charge >= 0.3 is 5.69 Å². The third kappa shape index (κ3) is 4.99. The molecule has 2 aromatic rings. The number of hydrogen-bond acceptors (Lipinski definition) is 5. The number of carbonyl (C=O) groups is 1. The summed E-state index contributed by atoms with van der Waals surface area (Å²) < 4.78 is 6.84. The molecule has 1 amide bonds. The smallest absolute Gasteiger partial charge is 0.330 e. The van der Waals surface area contributed by atoms with Crippen molar-refractivity contribution in [2.24, 2.45) is 0 Å². The Morgan fingerprint density at radius 1 is 1.26 bits per heavy atom. The zero-order chi connectivity index (χ0) is 20.0. The van der Waals surface area contributed by atoms with Gasteiger partial charge in [0.1, 0.15) is 11.6 Å². The lowest BCUT2D eigenvalue weighted by atomic mass is 10.2. The number of unbranched alkanes of at least 4 members (excludes halogenated alkanes) is 1. The van der Waals surface area contributed by atoms with Crippen LogP contribution in [0.3, 0.4) is 0 Å². The second-order valence-corrected chi connectivity index (χ2v) is 6.36. The van der Waals surface area contributed by atoms with Crippen molar-refractivity contribution in [3.05, 3.63) is 50.7 Å². The topological polar surface area (TPSA) is 110 Å². The molecule has 0 aliphatic heterocycles. The van der Waals surface area contributed by atoms with Crippen molar-refractivity contribution in [1.29, 1.82) is 0 Å². The highest BCUT2D eigenvalue weighted by Gasteiger charge is 2.20. The number of aryl methyl sites for hydroxylation is 1. The summed E-state index contributed by atoms with van der Waals surface area (Å²) in [5.41, 5.74) is 5.86. The Bertz CT molecular complexity index is 899. The predicted octanol–water partition coefficient (Wildman–Crippen LogP) is 1.66. The van der Waals surface area contributed by atoms with E-state index in [1.165, 1.54) is 16.5 Å². The first-order chi connectivity index (χ1) is 12.8. The first kappa shape index (κ1) is 20.3. The van der Waals surface area contributed by atoms with Gasteiger partial charge in [0.05, 0.1) is 13.0 Å². The van der Waals surface area contributed by atoms with Crippen LogP contribution in [0.1, 0.15) is 31.7 Å². The summed E-state index contributed by atoms with van der Waals surface area (Å²) in [6.45, 7) is 4.50. The third-order valence-corrected chi connectivity index (χ3v) is 4.26. The number of H-pyrrole nitrogens is 1. The summed E-state index contributed by atoms with van der Waals surface area (Å²) >= 11 is 0. The van der Waals surface area contributed by atoms with E-state index in [4.69, 9.17) is 10.5 Å². The number of amides is 1. The van der Waals surface area contributed by atoms with Crippen LogP contribution < -0.4 is 26.6 Å². The molecule has 0 saturated heterocycles. The molecule has 8 heteroatoms. The molecule has 146 valence electrons. The molecule has 0 bridgehead atoms. The summed E-state index contributed by atoms with van der Waals surface area (Å²) in [6, 6.07) is 7.50. The second-order valence-electron chi connectivity index (χ2n) is 6.36. The minimum atomic E-state index is -0.680. The third-order valence-electron chi connectivity index (χ3n) is 4.26. The van der Waals surface area contributed by atoms with Gasteiger partial charge in [0.25, 0.3) is 5.56 Å². The van der Waals surface area contributed by atoms with Crippen molar-refractivity contribution in [1.82, 2.24) is 9.55 Å². The van der Waals surface area contributed by atoms with E-state index < -0.39 is 11.2 Å². The van der Waals surface area contributed by atoms with Crippen molar-refractivity contribution in [3.8, 4) is 5.75 Å². The number of nitrogens with two attached hydrogens (primary N) is 1. The van der Waals surface area contributed by atoms with Gasteiger partial charge in [-0.2, -0.15) is 0 Å². The van der Waals surface area contributed by atoms with Crippen LogP contribution in [0.4, 0.5) is 11.5 Å². The number of hydrogen-bond donors (Lipinski definition) is 2. The second kappa shape index (κ2) is 9.07. The van der Waals surface area contributed by atoms with Crippen LogP contribution in [0.2, 0.25) is 0 Å². The van der Waals surface area contributed by atoms with E-state index in [2.05, 4.69) is 4.98 Å². The molecule has 0 radical (unpaired) electrons. The van der Waals surface area contributed by atoms with Crippen molar-refractivity contribution in [2.75, 3.05) is 24.3 Å². The lowest BCUT2D eigenvalue weighted by Crippen LogP contribution is -2.39. The Morgan fingerprint density at radius 2 is 1.93 bits per heavy atom. The van der Waals surface area contributed by atoms with Gasteiger partial charge in [0.2, 0.25) is 5.91 Å². The number of nitrogen functional groups attached to an aromatic ring is 1. The van der Waals surface area contributed by atoms with Crippen LogP contribution in [0.15, 0.2) is 33.9 Å². The fourth-order valence-corrected chi connectivity index (χ4v) is 2.62. The summed E-state index contributed by atoms with van der Waals surface area (Å²) in [5, 5.41) is 0. The molecule has 0 atom stereocenters. The Kier molecular flexibility index (Phi) is 6.81. The van der Waals surface area contributed by atoms with Crippen molar-refractivity contribution in [3.63, 3.8) is 0 Å². The zero-order valence-electron chi connectivity index (χ0n) is 15.9. The first-order valence-electron chi connectivity index (χ1n) is 8.93. The number of benzene rings is 1. The van der Waals surface area contributed by atoms with E-state index in [0.29, 0.717) is 12.3 Å². The molecule has 0 aliphatic rings. The van der Waals surface area contributed by atoms with Gasteiger partial charge in [0, 0.05) is 13.6 Å². The van der Waals surface area contributed by atoms with Gasteiger partial charge in [-0.05, 0) is 25.5 Å². The normalized spacial score (nSPS) is 10.6. The number of nitrogens with one attached hydrogen (secondary N) is 1. The van der Waals surface area contributed by atoms with E-state index in [1.54, 1.807) is 0 Å². The summed E-state index contributed by atoms with van der Waals surface area (Å²) in [6.07, 6.45) is 1.67. The zero-order valence-corrected chi connectivity index (χ0v) is 15.9. The van der Waals surface area contributed by atoms with Crippen LogP contribution in [-0.4, -0.2) is 29.1 Å². The van der Waals surface area contributed by atoms with Crippen LogP contribution in [0.5, 0.6) is 5.75 Å². The van der Waals surface area contributed by atoms with Crippen molar-refractivity contribution < 1.29 is 9.53 Å². The molecule has 3 N–H and O–H groups in total. The molecule has 0 fully saturated rings. The molecule has 1 aromatic heterocycles. The van der Waals surface area contributed by atoms with Gasteiger partial charge in [-0.3, -0.25) is 19.1 Å². The number of nitrogens with zero attached hydrogens (tertiary/aromatic N) is 2. The fraction of sp³-hybridized carbons (Fsp3) is 0.421. The number of anilines is 2. The highest BCUT2D eigenvalue weighted by molar-refractivity contribution is 5.95. The SMILES string of the molecule is CCCCn1c(N)c(N(C)C(=O)CCOc2ccc(C)cc2)c(=O)[nH]c1=O. The minimum absolute atomic E-state index is 0.00694. The molecule has 8 nitrogen and oxygen atoms in total. The minimum Gasteiger partial charge on any atom is -0.493 e. The largest absolute Gasteiger partial charge is 0.493 e. The highest BCUT2D eigenvalue weighted by atomic mass is 16.5. The predicted molar refractivity (Wildman–Crippen MR) is 105 cm³/mol. The molecule has 0 saturated carbocycles. The van der Waals surface area contributed by atoms with E-state index >= 15 is 0 Å². The number of carbonyl (C=O) groups excluding carboxylic acids is 1. The van der Waals surface area contributed by atoms with Gasteiger partial charge in [0.15, 0.2) is 5.69 Å². The van der Waals surface area contributed by atoms with Crippen LogP contribution >= 0.6 is 0 Å². The number of aromatic nitrogens is 2. The average molecular weight is 374 g/mol. The van der Waals surface area contributed by atoms with E-state index in [1.807, 2.05) is 38.1 Å². The van der Waals surface area contributed by atoms with Crippen molar-refractivity contribution >= 4 is 17.4 Å². The summed E-state index contributed by atoms with van der Waals surface area (Å²) in [7, 11) is 1.46. The maximum atomic E-state index is 12.5. The van der Waals surface area contributed by atoms with Crippen LogP contribution in [-0.2, 0) is 11.3 Å². The highest BCUT2D eigenvalue weighted by Crippen LogP contribution is 2.17. The summed E-state index contributed by atoms with van der Waals surface area (Å²) in [5.74, 6) is 0.328. The fourth-order valence-electron chi connectivity index (χ4n) is 2.62.